The van der Waals surface area contributed by atoms with E-state index in [2.05, 4.69) is 47.9 Å². The van der Waals surface area contributed by atoms with Crippen molar-refractivity contribution < 1.29 is 82.1 Å². The van der Waals surface area contributed by atoms with Crippen molar-refractivity contribution in [2.75, 3.05) is 6.54 Å². The van der Waals surface area contributed by atoms with Crippen molar-refractivity contribution in [3.8, 4) is 0 Å². The first kappa shape index (κ1) is 82.7. The fourth-order valence-corrected chi connectivity index (χ4v) is 10.7. The van der Waals surface area contributed by atoms with Crippen molar-refractivity contribution in [2.45, 2.75) is 219 Å². The molecule has 1 aliphatic rings. The molecule has 13 amide bonds. The van der Waals surface area contributed by atoms with Crippen LogP contribution in [-0.4, -0.2) is 183 Å². The predicted octanol–water partition coefficient (Wildman–Crippen LogP) is -1.19. The molecule has 31 nitrogen and oxygen atoms in total. The zero-order valence-corrected chi connectivity index (χ0v) is 57.8. The van der Waals surface area contributed by atoms with Gasteiger partial charge in [0.1, 0.15) is 66.5 Å². The van der Waals surface area contributed by atoms with Gasteiger partial charge in [0, 0.05) is 25.8 Å². The number of nitrogens with zero attached hydrogens (tertiary/aromatic N) is 1. The van der Waals surface area contributed by atoms with Crippen molar-refractivity contribution >= 4 is 88.7 Å². The largest absolute Gasteiger partial charge is 0.481 e. The number of nitrogens with one attached hydrogen (secondary N) is 10. The molecule has 1 aliphatic heterocycles. The zero-order chi connectivity index (χ0) is 73.8. The van der Waals surface area contributed by atoms with Crippen LogP contribution in [0, 0.1) is 29.6 Å². The van der Waals surface area contributed by atoms with Crippen LogP contribution in [0.2, 0.25) is 0 Å². The topological polar surface area (TPSA) is 498 Å². The number of carboxylic acid groups (broad SMARTS) is 2. The lowest BCUT2D eigenvalue weighted by Gasteiger charge is -2.32. The molecule has 0 spiro atoms. The van der Waals surface area contributed by atoms with Gasteiger partial charge in [-0.25, -0.2) is 4.79 Å². The van der Waals surface area contributed by atoms with Crippen molar-refractivity contribution in [1.82, 2.24) is 58.1 Å². The Morgan fingerprint density at radius 1 is 0.469 bits per heavy atom. The Morgan fingerprint density at radius 2 is 0.878 bits per heavy atom. The molecule has 0 saturated carbocycles. The first-order chi connectivity index (χ1) is 46.0. The number of hydrogen-bond donors (Lipinski definition) is 15. The van der Waals surface area contributed by atoms with Gasteiger partial charge >= 0.3 is 11.9 Å². The van der Waals surface area contributed by atoms with Crippen LogP contribution in [0.4, 0.5) is 0 Å². The number of likely N-dealkylation sites (tertiary alicyclic amines) is 1. The van der Waals surface area contributed by atoms with Gasteiger partial charge in [-0.15, -0.1) is 0 Å². The number of carbonyl (C=O) groups is 15. The molecule has 0 aromatic heterocycles. The van der Waals surface area contributed by atoms with E-state index in [1.165, 1.54) is 11.8 Å². The number of rotatable bonds is 41. The third kappa shape index (κ3) is 26.8. The summed E-state index contributed by atoms with van der Waals surface area (Å²) in [6, 6.07) is 0.515. The maximum absolute atomic E-state index is 14.8. The average Bonchev–Trinajstić information content (AvgIpc) is 1.57. The average molecular weight is 1380 g/mol. The normalized spacial score (nSPS) is 16.8. The summed E-state index contributed by atoms with van der Waals surface area (Å²) in [5, 5.41) is 45.0. The first-order valence-corrected chi connectivity index (χ1v) is 33.2. The van der Waals surface area contributed by atoms with E-state index in [-0.39, 0.29) is 57.4 Å². The molecule has 0 aliphatic carbocycles. The summed E-state index contributed by atoms with van der Waals surface area (Å²) in [6.07, 6.45) is -1.76. The van der Waals surface area contributed by atoms with Crippen LogP contribution >= 0.6 is 0 Å². The first-order valence-electron chi connectivity index (χ1n) is 33.2. The molecule has 0 unspecified atom stereocenters. The molecule has 1 saturated heterocycles. The molecular weight excluding hydrogens is 1270 g/mol. The Balaban J connectivity index is 1.92. The summed E-state index contributed by atoms with van der Waals surface area (Å²) in [7, 11) is 0. The predicted molar refractivity (Wildman–Crippen MR) is 358 cm³/mol. The van der Waals surface area contributed by atoms with Gasteiger partial charge in [0.2, 0.25) is 76.8 Å². The summed E-state index contributed by atoms with van der Waals surface area (Å²) in [4.78, 5) is 205. The van der Waals surface area contributed by atoms with Crippen LogP contribution in [-0.2, 0) is 84.8 Å². The molecule has 18 N–H and O–H groups in total. The Morgan fingerprint density at radius 3 is 1.33 bits per heavy atom. The molecular formula is C67H102N14O17. The number of benzene rings is 2. The lowest BCUT2D eigenvalue weighted by Crippen LogP contribution is -2.62. The summed E-state index contributed by atoms with van der Waals surface area (Å²) >= 11 is 0. The van der Waals surface area contributed by atoms with Crippen molar-refractivity contribution in [1.29, 1.82) is 0 Å². The zero-order valence-electron chi connectivity index (χ0n) is 57.8. The molecule has 98 heavy (non-hydrogen) atoms. The van der Waals surface area contributed by atoms with Crippen LogP contribution in [0.1, 0.15) is 145 Å². The molecule has 0 bridgehead atoms. The van der Waals surface area contributed by atoms with Gasteiger partial charge in [-0.1, -0.05) is 143 Å². The molecule has 1 heterocycles. The van der Waals surface area contributed by atoms with Gasteiger partial charge in [-0.05, 0) is 73.3 Å². The van der Waals surface area contributed by atoms with E-state index >= 15 is 0 Å². The number of carboxylic acids is 2. The highest BCUT2D eigenvalue weighted by molar-refractivity contribution is 6.00. The second kappa shape index (κ2) is 40.2. The van der Waals surface area contributed by atoms with Gasteiger partial charge in [-0.2, -0.15) is 0 Å². The van der Waals surface area contributed by atoms with Crippen LogP contribution in [0.25, 0.3) is 0 Å². The Labute approximate surface area is 571 Å². The fraction of sp³-hybridized carbons (Fsp3) is 0.597. The van der Waals surface area contributed by atoms with Crippen LogP contribution in [0.5, 0.6) is 0 Å². The maximum Gasteiger partial charge on any atom is 0.326 e. The SMILES string of the molecule is CC[C@H](C)[C@H](NC(=O)[C@@H](NC(=O)[C@H](CC(C)C)NC(=O)[C@H](Cc1ccccc1)NC(=O)[C@H](CCC(N)=O)NC(=O)[C@@H]1CCCN1C(=O)[C@@H](NC(=O)[C@H](Cc1ccccc1)NC(=O)[C@H](C)N)C(C)C)C(C)C)C(=O)N[C@H](C(=O)N[C@@H](CC(=O)O)C(=O)N[C@@H](CC(N)=O)C(=O)O)[C@@H](C)CC. The minimum absolute atomic E-state index is 0.0108. The highest BCUT2D eigenvalue weighted by atomic mass is 16.4. The van der Waals surface area contributed by atoms with Gasteiger partial charge in [0.25, 0.3) is 0 Å². The lowest BCUT2D eigenvalue weighted by molar-refractivity contribution is -0.145. The molecule has 2 aromatic rings. The second-order valence-corrected chi connectivity index (χ2v) is 26.2. The fourth-order valence-electron chi connectivity index (χ4n) is 10.7. The second-order valence-electron chi connectivity index (χ2n) is 26.2. The smallest absolute Gasteiger partial charge is 0.326 e. The third-order valence-corrected chi connectivity index (χ3v) is 16.8. The minimum Gasteiger partial charge on any atom is -0.481 e. The minimum atomic E-state index is -1.90. The molecule has 1 fully saturated rings. The standard InChI is InChI=1S/C67H102N14O17/c1-12-37(9)54(64(94)75-46(33-51(84)85)59(89)76-47(67(97)98)32-50(70)83)80-65(95)55(38(10)13-2)79-63(93)52(35(5)6)77-60(90)43(29-34(3)4)73-58(88)44(30-40-21-16-14-17-22-40)74-57(87)42(26-27-49(69)82)71-62(92)48-25-20-28-81(48)66(96)53(36(7)8)78-61(91)45(72-56(86)39(11)68)31-41-23-18-15-19-24-41/h14-19,21-24,34-39,42-48,52-55H,12-13,20,25-33,68H2,1-11H3,(H2,69,82)(H2,70,83)(H,71,92)(H,72,86)(H,73,88)(H,74,87)(H,75,94)(H,76,89)(H,77,90)(H,78,91)(H,79,93)(H,80,95)(H,84,85)(H,97,98)/t37-,38-,39-,42-,43-,44-,45-,46-,47-,48-,52-,53-,54-,55-/m0/s1. The van der Waals surface area contributed by atoms with Crippen molar-refractivity contribution in [3.63, 3.8) is 0 Å². The number of carbonyl (C=O) groups excluding carboxylic acids is 13. The van der Waals surface area contributed by atoms with E-state index in [0.717, 1.165) is 0 Å². The lowest BCUT2D eigenvalue weighted by atomic mass is 9.93. The van der Waals surface area contributed by atoms with Gasteiger partial charge in [0.05, 0.1) is 18.9 Å². The van der Waals surface area contributed by atoms with Crippen LogP contribution in [0.3, 0.4) is 0 Å². The quantitative estimate of drug-likeness (QED) is 0.0372. The highest BCUT2D eigenvalue weighted by Crippen LogP contribution is 2.22. The van der Waals surface area contributed by atoms with E-state index in [0.29, 0.717) is 17.5 Å². The molecule has 542 valence electrons. The van der Waals surface area contributed by atoms with Crippen molar-refractivity contribution in [3.05, 3.63) is 71.8 Å². The van der Waals surface area contributed by atoms with Gasteiger partial charge in [-0.3, -0.25) is 67.1 Å². The van der Waals surface area contributed by atoms with E-state index in [1.807, 2.05) is 5.32 Å². The van der Waals surface area contributed by atoms with Crippen molar-refractivity contribution in [2.24, 2.45) is 46.8 Å². The number of nitrogens with two attached hydrogens (primary N) is 3. The van der Waals surface area contributed by atoms with Crippen LogP contribution < -0.4 is 70.4 Å². The molecule has 3 rings (SSSR count). The number of amides is 13. The van der Waals surface area contributed by atoms with Gasteiger partial charge in [0.15, 0.2) is 0 Å². The van der Waals surface area contributed by atoms with E-state index in [1.54, 1.807) is 130 Å². The summed E-state index contributed by atoms with van der Waals surface area (Å²) < 4.78 is 0. The monoisotopic (exact) mass is 1370 g/mol. The van der Waals surface area contributed by atoms with E-state index < -0.39 is 204 Å². The van der Waals surface area contributed by atoms with E-state index in [4.69, 9.17) is 17.2 Å². The number of aliphatic carboxylic acids is 2. The Hall–Kier alpha value is -9.55. The maximum atomic E-state index is 14.8. The molecule has 2 aromatic carbocycles. The summed E-state index contributed by atoms with van der Waals surface area (Å²) in [5.74, 6) is -17.4. The molecule has 0 radical (unpaired) electrons. The Kier molecular flexibility index (Phi) is 33.9. The Bertz CT molecular complexity index is 3120. The number of hydrogen-bond acceptors (Lipinski definition) is 16. The molecule has 14 atom stereocenters. The van der Waals surface area contributed by atoms with E-state index in [9.17, 15) is 82.1 Å². The van der Waals surface area contributed by atoms with Gasteiger partial charge < -0.3 is 85.5 Å². The van der Waals surface area contributed by atoms with Crippen LogP contribution in [0.15, 0.2) is 60.7 Å². The molecule has 31 heteroatoms. The third-order valence-electron chi connectivity index (χ3n) is 16.8. The number of primary amides is 2. The summed E-state index contributed by atoms with van der Waals surface area (Å²) in [5.41, 5.74) is 17.8. The highest BCUT2D eigenvalue weighted by Gasteiger charge is 2.43. The summed E-state index contributed by atoms with van der Waals surface area (Å²) in [6.45, 7) is 18.3.